The van der Waals surface area contributed by atoms with Gasteiger partial charge in [-0.15, -0.1) is 21.5 Å². The van der Waals surface area contributed by atoms with Crippen LogP contribution in [0.1, 0.15) is 57.0 Å². The minimum Gasteiger partial charge on any atom is -0.503 e. The second-order valence-electron chi connectivity index (χ2n) is 9.51. The number of ether oxygens (including phenoxy) is 2. The van der Waals surface area contributed by atoms with Crippen LogP contribution in [0.4, 0.5) is 5.13 Å². The second-order valence-corrected chi connectivity index (χ2v) is 12.9. The number of ketones is 1. The highest BCUT2D eigenvalue weighted by Gasteiger charge is 2.47. The van der Waals surface area contributed by atoms with Crippen LogP contribution in [-0.2, 0) is 10.5 Å². The number of thioether (sulfide) groups is 1. The Labute approximate surface area is 256 Å². The molecule has 0 bridgehead atoms. The average molecular weight is 623 g/mol. The molecule has 42 heavy (non-hydrogen) atoms. The minimum atomic E-state index is -0.968. The summed E-state index contributed by atoms with van der Waals surface area (Å²) in [5.41, 5.74) is 3.38. The van der Waals surface area contributed by atoms with E-state index in [-0.39, 0.29) is 10.7 Å². The van der Waals surface area contributed by atoms with Crippen molar-refractivity contribution >= 4 is 51.3 Å². The molecule has 1 unspecified atom stereocenters. The SMILES string of the molecule is CCOc1ccc(C2C(C(=O)c3sc(C)nc3C)=C(O)C(=O)N2c2nnc(SCc3ccc(C)cc3)s2)cc1OCC. The van der Waals surface area contributed by atoms with Gasteiger partial charge in [-0.2, -0.15) is 0 Å². The number of aryl methyl sites for hydroxylation is 3. The quantitative estimate of drug-likeness (QED) is 0.110. The molecular formula is C30H30N4O5S3. The maximum atomic E-state index is 13.9. The lowest BCUT2D eigenvalue weighted by molar-refractivity contribution is -0.117. The van der Waals surface area contributed by atoms with E-state index in [0.717, 1.165) is 5.56 Å². The van der Waals surface area contributed by atoms with E-state index in [2.05, 4.69) is 39.4 Å². The van der Waals surface area contributed by atoms with Gasteiger partial charge >= 0.3 is 0 Å². The van der Waals surface area contributed by atoms with Crippen molar-refractivity contribution in [2.45, 2.75) is 50.8 Å². The van der Waals surface area contributed by atoms with Crippen molar-refractivity contribution in [3.63, 3.8) is 0 Å². The minimum absolute atomic E-state index is 0.0394. The predicted molar refractivity (Wildman–Crippen MR) is 165 cm³/mol. The van der Waals surface area contributed by atoms with Crippen LogP contribution < -0.4 is 14.4 Å². The highest BCUT2D eigenvalue weighted by atomic mass is 32.2. The summed E-state index contributed by atoms with van der Waals surface area (Å²) >= 11 is 3.96. The van der Waals surface area contributed by atoms with Crippen LogP contribution in [0.25, 0.3) is 0 Å². The van der Waals surface area contributed by atoms with Crippen molar-refractivity contribution in [1.29, 1.82) is 0 Å². The van der Waals surface area contributed by atoms with Crippen LogP contribution in [0, 0.1) is 20.8 Å². The molecule has 2 aromatic carbocycles. The standard InChI is InChI=1S/C30H30N4O5S3/c1-6-38-21-13-12-20(14-22(21)39-7-2)24-23(25(35)27-17(4)31-18(5)41-27)26(36)28(37)34(24)29-32-33-30(42-29)40-15-19-10-8-16(3)9-11-19/h8-14,24,36H,6-7,15H2,1-5H3. The molecule has 0 fully saturated rings. The van der Waals surface area contributed by atoms with Gasteiger partial charge in [0.1, 0.15) is 0 Å². The van der Waals surface area contributed by atoms with E-state index < -0.39 is 23.5 Å². The highest BCUT2D eigenvalue weighted by molar-refractivity contribution is 8.00. The molecule has 0 saturated carbocycles. The van der Waals surface area contributed by atoms with Gasteiger partial charge in [-0.25, -0.2) is 4.98 Å². The Morgan fingerprint density at radius 3 is 2.38 bits per heavy atom. The Balaban J connectivity index is 1.55. The molecule has 1 aliphatic rings. The number of aromatic nitrogens is 3. The van der Waals surface area contributed by atoms with Crippen LogP contribution in [0.2, 0.25) is 0 Å². The van der Waals surface area contributed by atoms with Gasteiger partial charge in [0, 0.05) is 5.75 Å². The first-order valence-electron chi connectivity index (χ1n) is 13.4. The van der Waals surface area contributed by atoms with E-state index in [1.807, 2.05) is 27.7 Å². The number of carbonyl (C=O) groups excluding carboxylic acids is 2. The number of amides is 1. The van der Waals surface area contributed by atoms with Gasteiger partial charge in [-0.3, -0.25) is 14.5 Å². The molecule has 2 aromatic heterocycles. The lowest BCUT2D eigenvalue weighted by Crippen LogP contribution is -2.31. The fourth-order valence-electron chi connectivity index (χ4n) is 4.64. The summed E-state index contributed by atoms with van der Waals surface area (Å²) in [6.45, 7) is 10.2. The second kappa shape index (κ2) is 12.6. The molecule has 1 N–H and O–H groups in total. The van der Waals surface area contributed by atoms with Crippen molar-refractivity contribution in [2.24, 2.45) is 0 Å². The number of Topliss-reactive ketones (excluding diaryl/α,β-unsaturated/α-hetero) is 1. The lowest BCUT2D eigenvalue weighted by atomic mass is 9.95. The first-order chi connectivity index (χ1) is 20.2. The summed E-state index contributed by atoms with van der Waals surface area (Å²) in [7, 11) is 0. The van der Waals surface area contributed by atoms with Gasteiger partial charge in [-0.1, -0.05) is 59.0 Å². The number of thiazole rings is 1. The largest absolute Gasteiger partial charge is 0.503 e. The zero-order valence-corrected chi connectivity index (χ0v) is 26.3. The molecule has 12 heteroatoms. The van der Waals surface area contributed by atoms with E-state index in [1.165, 1.54) is 44.9 Å². The Bertz CT molecular complexity index is 1660. The maximum absolute atomic E-state index is 13.9. The summed E-state index contributed by atoms with van der Waals surface area (Å²) < 4.78 is 12.2. The fourth-order valence-corrected chi connectivity index (χ4v) is 7.34. The highest BCUT2D eigenvalue weighted by Crippen LogP contribution is 2.46. The Hall–Kier alpha value is -3.74. The monoisotopic (exact) mass is 622 g/mol. The first kappa shape index (κ1) is 29.7. The van der Waals surface area contributed by atoms with E-state index in [9.17, 15) is 14.7 Å². The number of aliphatic hydroxyl groups excluding tert-OH is 1. The summed E-state index contributed by atoms with van der Waals surface area (Å²) in [5, 5.41) is 20.8. The number of benzene rings is 2. The normalized spacial score (nSPS) is 15.0. The van der Waals surface area contributed by atoms with Crippen molar-refractivity contribution in [2.75, 3.05) is 18.1 Å². The molecule has 5 rings (SSSR count). The van der Waals surface area contributed by atoms with Crippen molar-refractivity contribution < 1.29 is 24.2 Å². The van der Waals surface area contributed by atoms with E-state index in [0.29, 0.717) is 55.9 Å². The molecule has 0 spiro atoms. The van der Waals surface area contributed by atoms with E-state index >= 15 is 0 Å². The molecule has 3 heterocycles. The summed E-state index contributed by atoms with van der Waals surface area (Å²) in [6.07, 6.45) is 0. The van der Waals surface area contributed by atoms with Gasteiger partial charge in [-0.05, 0) is 57.9 Å². The Morgan fingerprint density at radius 1 is 1.00 bits per heavy atom. The third-order valence-electron chi connectivity index (χ3n) is 6.53. The fraction of sp³-hybridized carbons (Fsp3) is 0.300. The molecule has 4 aromatic rings. The van der Waals surface area contributed by atoms with Crippen LogP contribution in [0.15, 0.2) is 58.1 Å². The van der Waals surface area contributed by atoms with Gasteiger partial charge in [0.15, 0.2) is 21.6 Å². The van der Waals surface area contributed by atoms with E-state index in [1.54, 1.807) is 25.1 Å². The van der Waals surface area contributed by atoms with Gasteiger partial charge in [0.25, 0.3) is 5.91 Å². The van der Waals surface area contributed by atoms with Crippen molar-refractivity contribution in [1.82, 2.24) is 15.2 Å². The molecule has 1 amide bonds. The first-order valence-corrected chi connectivity index (χ1v) is 16.0. The summed E-state index contributed by atoms with van der Waals surface area (Å²) in [6, 6.07) is 12.5. The number of hydrogen-bond donors (Lipinski definition) is 1. The third kappa shape index (κ3) is 5.92. The third-order valence-corrected chi connectivity index (χ3v) is 9.73. The number of carbonyl (C=O) groups is 2. The number of hydrogen-bond acceptors (Lipinski definition) is 11. The van der Waals surface area contributed by atoms with Crippen molar-refractivity contribution in [3.05, 3.63) is 86.1 Å². The number of aliphatic hydroxyl groups is 1. The molecule has 0 saturated heterocycles. The number of anilines is 1. The Morgan fingerprint density at radius 2 is 1.71 bits per heavy atom. The smallest absolute Gasteiger partial charge is 0.296 e. The lowest BCUT2D eigenvalue weighted by Gasteiger charge is -2.25. The van der Waals surface area contributed by atoms with E-state index in [4.69, 9.17) is 9.47 Å². The molecule has 0 radical (unpaired) electrons. The number of rotatable bonds is 11. The zero-order valence-electron chi connectivity index (χ0n) is 23.8. The van der Waals surface area contributed by atoms with Gasteiger partial charge in [0.05, 0.1) is 40.4 Å². The topological polar surface area (TPSA) is 115 Å². The van der Waals surface area contributed by atoms with Crippen LogP contribution in [0.3, 0.4) is 0 Å². The predicted octanol–water partition coefficient (Wildman–Crippen LogP) is 6.79. The number of nitrogens with zero attached hydrogens (tertiary/aromatic N) is 4. The summed E-state index contributed by atoms with van der Waals surface area (Å²) in [5.74, 6) is -0.104. The Kier molecular flexibility index (Phi) is 8.95. The average Bonchev–Trinajstić information content (AvgIpc) is 3.64. The molecule has 0 aliphatic carbocycles. The van der Waals surface area contributed by atoms with Crippen LogP contribution >= 0.6 is 34.4 Å². The molecule has 1 aliphatic heterocycles. The molecule has 218 valence electrons. The van der Waals surface area contributed by atoms with Crippen LogP contribution in [0.5, 0.6) is 11.5 Å². The maximum Gasteiger partial charge on any atom is 0.296 e. The van der Waals surface area contributed by atoms with Crippen molar-refractivity contribution in [3.8, 4) is 11.5 Å². The van der Waals surface area contributed by atoms with Gasteiger partial charge in [0.2, 0.25) is 10.9 Å². The summed E-state index contributed by atoms with van der Waals surface area (Å²) in [4.78, 5) is 33.7. The molecule has 1 atom stereocenters. The van der Waals surface area contributed by atoms with Crippen LogP contribution in [-0.4, -0.2) is 45.2 Å². The molecule has 9 nitrogen and oxygen atoms in total. The zero-order chi connectivity index (χ0) is 30.0. The van der Waals surface area contributed by atoms with Gasteiger partial charge < -0.3 is 14.6 Å². The molecular weight excluding hydrogens is 593 g/mol.